The van der Waals surface area contributed by atoms with Gasteiger partial charge in [-0.05, 0) is 42.5 Å². The quantitative estimate of drug-likeness (QED) is 0.427. The van der Waals surface area contributed by atoms with E-state index in [4.69, 9.17) is 9.47 Å². The van der Waals surface area contributed by atoms with Crippen LogP contribution in [0.25, 0.3) is 10.2 Å². The van der Waals surface area contributed by atoms with Crippen molar-refractivity contribution < 1.29 is 22.7 Å². The molecule has 4 aromatic rings. The van der Waals surface area contributed by atoms with E-state index in [-0.39, 0.29) is 10.5 Å². The fourth-order valence-corrected chi connectivity index (χ4v) is 5.89. The van der Waals surface area contributed by atoms with Crippen molar-refractivity contribution in [2.45, 2.75) is 4.90 Å². The molecular weight excluding hydrogens is 474 g/mol. The van der Waals surface area contributed by atoms with E-state index in [1.165, 1.54) is 27.8 Å². The molecule has 0 aliphatic carbocycles. The zero-order valence-electron chi connectivity index (χ0n) is 18.0. The van der Waals surface area contributed by atoms with E-state index in [0.717, 1.165) is 16.0 Å². The van der Waals surface area contributed by atoms with E-state index >= 15 is 0 Å². The second-order valence-corrected chi connectivity index (χ2v) is 10.5. The number of ether oxygens (including phenoxy) is 2. The maximum absolute atomic E-state index is 12.9. The Balaban J connectivity index is 1.33. The average molecular weight is 496 g/mol. The highest BCUT2D eigenvalue weighted by atomic mass is 32.2. The van der Waals surface area contributed by atoms with E-state index < -0.39 is 15.9 Å². The van der Waals surface area contributed by atoms with Gasteiger partial charge in [0.2, 0.25) is 10.0 Å². The van der Waals surface area contributed by atoms with Gasteiger partial charge in [0.15, 0.2) is 5.13 Å². The molecule has 2 heterocycles. The van der Waals surface area contributed by atoms with Crippen LogP contribution in [0.2, 0.25) is 0 Å². The normalized spacial score (nSPS) is 14.7. The zero-order valence-corrected chi connectivity index (χ0v) is 19.6. The first kappa shape index (κ1) is 22.5. The summed E-state index contributed by atoms with van der Waals surface area (Å²) in [5.41, 5.74) is 0.964. The second kappa shape index (κ2) is 9.51. The minimum absolute atomic E-state index is 0.0778. The van der Waals surface area contributed by atoms with Crippen molar-refractivity contribution in [2.75, 3.05) is 31.6 Å². The van der Waals surface area contributed by atoms with Crippen LogP contribution in [0.1, 0.15) is 10.4 Å². The van der Waals surface area contributed by atoms with Gasteiger partial charge in [-0.3, -0.25) is 10.1 Å². The molecular formula is C24H21N3O5S2. The largest absolute Gasteiger partial charge is 0.457 e. The van der Waals surface area contributed by atoms with Gasteiger partial charge in [0.1, 0.15) is 11.5 Å². The fraction of sp³-hybridized carbons (Fsp3) is 0.167. The van der Waals surface area contributed by atoms with Gasteiger partial charge >= 0.3 is 0 Å². The number of hydrogen-bond acceptors (Lipinski definition) is 7. The Morgan fingerprint density at radius 3 is 2.56 bits per heavy atom. The van der Waals surface area contributed by atoms with E-state index in [9.17, 15) is 13.2 Å². The van der Waals surface area contributed by atoms with E-state index in [2.05, 4.69) is 10.3 Å². The van der Waals surface area contributed by atoms with Crippen LogP contribution in [0.3, 0.4) is 0 Å². The summed E-state index contributed by atoms with van der Waals surface area (Å²) in [5, 5.41) is 3.19. The summed E-state index contributed by atoms with van der Waals surface area (Å²) in [6.07, 6.45) is 0. The van der Waals surface area contributed by atoms with Gasteiger partial charge in [-0.1, -0.05) is 35.6 Å². The van der Waals surface area contributed by atoms with Crippen LogP contribution in [0, 0.1) is 0 Å². The van der Waals surface area contributed by atoms with Crippen molar-refractivity contribution in [3.63, 3.8) is 0 Å². The maximum atomic E-state index is 12.9. The first-order valence-corrected chi connectivity index (χ1v) is 12.9. The van der Waals surface area contributed by atoms with Gasteiger partial charge in [0.25, 0.3) is 5.91 Å². The van der Waals surface area contributed by atoms with Crippen molar-refractivity contribution in [3.8, 4) is 11.5 Å². The molecule has 0 atom stereocenters. The molecule has 1 fully saturated rings. The van der Waals surface area contributed by atoms with Crippen LogP contribution in [0.15, 0.2) is 77.7 Å². The Morgan fingerprint density at radius 2 is 1.76 bits per heavy atom. The first-order chi connectivity index (χ1) is 16.5. The number of sulfonamides is 1. The predicted octanol–water partition coefficient (Wildman–Crippen LogP) is 4.36. The Kier molecular flexibility index (Phi) is 6.29. The standard InChI is InChI=1S/C24H21N3O5S2/c28-23(17-5-4-8-20(15-17)34(29,30)27-11-13-31-14-12-27)26-24-25-21-10-9-19(16-22(21)33-24)32-18-6-2-1-3-7-18/h1-10,15-16H,11-14H2,(H,25,26,28). The molecule has 1 saturated heterocycles. The third-order valence-electron chi connectivity index (χ3n) is 5.26. The highest BCUT2D eigenvalue weighted by Gasteiger charge is 2.27. The maximum Gasteiger partial charge on any atom is 0.257 e. The average Bonchev–Trinajstić information content (AvgIpc) is 3.27. The monoisotopic (exact) mass is 495 g/mol. The number of para-hydroxylation sites is 1. The summed E-state index contributed by atoms with van der Waals surface area (Å²) >= 11 is 1.31. The number of benzene rings is 3. The molecule has 174 valence electrons. The van der Waals surface area contributed by atoms with Gasteiger partial charge in [-0.15, -0.1) is 0 Å². The molecule has 1 aliphatic rings. The lowest BCUT2D eigenvalue weighted by Gasteiger charge is -2.26. The van der Waals surface area contributed by atoms with Crippen molar-refractivity contribution >= 4 is 42.6 Å². The van der Waals surface area contributed by atoms with Crippen LogP contribution in [0.4, 0.5) is 5.13 Å². The molecule has 34 heavy (non-hydrogen) atoms. The molecule has 1 aromatic heterocycles. The molecule has 0 radical (unpaired) electrons. The molecule has 0 saturated carbocycles. The summed E-state index contributed by atoms with van der Waals surface area (Å²) in [6.45, 7) is 1.30. The summed E-state index contributed by atoms with van der Waals surface area (Å²) in [7, 11) is -3.70. The predicted molar refractivity (Wildman–Crippen MR) is 130 cm³/mol. The lowest BCUT2D eigenvalue weighted by atomic mass is 10.2. The molecule has 1 amide bonds. The molecule has 5 rings (SSSR count). The minimum atomic E-state index is -3.70. The minimum Gasteiger partial charge on any atom is -0.457 e. The Labute approximate surface area is 200 Å². The number of nitrogens with zero attached hydrogens (tertiary/aromatic N) is 2. The number of carbonyl (C=O) groups is 1. The SMILES string of the molecule is O=C(Nc1nc2ccc(Oc3ccccc3)cc2s1)c1cccc(S(=O)(=O)N2CCOCC2)c1. The Morgan fingerprint density at radius 1 is 0.971 bits per heavy atom. The number of anilines is 1. The first-order valence-electron chi connectivity index (χ1n) is 10.6. The molecule has 1 N–H and O–H groups in total. The number of carbonyl (C=O) groups excluding carboxylic acids is 1. The van der Waals surface area contributed by atoms with Crippen molar-refractivity contribution in [1.82, 2.24) is 9.29 Å². The van der Waals surface area contributed by atoms with Gasteiger partial charge in [0, 0.05) is 24.7 Å². The third-order valence-corrected chi connectivity index (χ3v) is 8.09. The Bertz CT molecular complexity index is 1430. The second-order valence-electron chi connectivity index (χ2n) is 7.56. The molecule has 10 heteroatoms. The highest BCUT2D eigenvalue weighted by Crippen LogP contribution is 2.31. The summed E-state index contributed by atoms with van der Waals surface area (Å²) in [5.74, 6) is 0.965. The number of rotatable bonds is 6. The highest BCUT2D eigenvalue weighted by molar-refractivity contribution is 7.89. The molecule has 3 aromatic carbocycles. The molecule has 0 bridgehead atoms. The lowest BCUT2D eigenvalue weighted by molar-refractivity contribution is 0.0730. The van der Waals surface area contributed by atoms with E-state index in [1.54, 1.807) is 12.1 Å². The van der Waals surface area contributed by atoms with Crippen LogP contribution in [0.5, 0.6) is 11.5 Å². The number of morpholine rings is 1. The number of aromatic nitrogens is 1. The van der Waals surface area contributed by atoms with Crippen LogP contribution < -0.4 is 10.1 Å². The number of nitrogens with one attached hydrogen (secondary N) is 1. The van der Waals surface area contributed by atoms with Crippen molar-refractivity contribution in [2.24, 2.45) is 0 Å². The summed E-state index contributed by atoms with van der Waals surface area (Å²) in [4.78, 5) is 17.4. The van der Waals surface area contributed by atoms with Gasteiger partial charge in [0.05, 0.1) is 28.3 Å². The van der Waals surface area contributed by atoms with Crippen LogP contribution in [-0.4, -0.2) is 49.9 Å². The smallest absolute Gasteiger partial charge is 0.257 e. The zero-order chi connectivity index (χ0) is 23.5. The third kappa shape index (κ3) is 4.80. The molecule has 8 nitrogen and oxygen atoms in total. The van der Waals surface area contributed by atoms with Crippen LogP contribution in [-0.2, 0) is 14.8 Å². The van der Waals surface area contributed by atoms with Crippen molar-refractivity contribution in [3.05, 3.63) is 78.4 Å². The van der Waals surface area contributed by atoms with Gasteiger partial charge in [-0.2, -0.15) is 4.31 Å². The number of amides is 1. The van der Waals surface area contributed by atoms with Crippen molar-refractivity contribution in [1.29, 1.82) is 0 Å². The van der Waals surface area contributed by atoms with E-state index in [1.807, 2.05) is 48.5 Å². The molecule has 1 aliphatic heterocycles. The topological polar surface area (TPSA) is 97.8 Å². The molecule has 0 unspecified atom stereocenters. The molecule has 0 spiro atoms. The van der Waals surface area contributed by atoms with E-state index in [0.29, 0.717) is 37.2 Å². The Hall–Kier alpha value is -3.31. The van der Waals surface area contributed by atoms with Gasteiger partial charge in [-0.25, -0.2) is 13.4 Å². The number of hydrogen-bond donors (Lipinski definition) is 1. The summed E-state index contributed by atoms with van der Waals surface area (Å²) < 4.78 is 39.2. The lowest BCUT2D eigenvalue weighted by Crippen LogP contribution is -2.40. The number of fused-ring (bicyclic) bond motifs is 1. The van der Waals surface area contributed by atoms with Crippen LogP contribution >= 0.6 is 11.3 Å². The van der Waals surface area contributed by atoms with Gasteiger partial charge < -0.3 is 9.47 Å². The number of thiazole rings is 1. The summed E-state index contributed by atoms with van der Waals surface area (Å²) in [6, 6.07) is 21.0. The fourth-order valence-electron chi connectivity index (χ4n) is 3.55.